The Morgan fingerprint density at radius 3 is 1.61 bits per heavy atom. The van der Waals surface area contributed by atoms with Crippen LogP contribution >= 0.6 is 0 Å². The number of hydrogen-bond acceptors (Lipinski definition) is 0. The van der Waals surface area contributed by atoms with Gasteiger partial charge in [-0.2, -0.15) is 35.5 Å². The summed E-state index contributed by atoms with van der Waals surface area (Å²) in [4.78, 5) is 0. The molecule has 0 bridgehead atoms. The molecule has 6 aromatic rings. The average molecular weight is 789 g/mol. The van der Waals surface area contributed by atoms with Crippen LogP contribution in [0.15, 0.2) is 168 Å². The third kappa shape index (κ3) is 4.10. The Hall–Kier alpha value is -6.94. The van der Waals surface area contributed by atoms with Gasteiger partial charge in [0.05, 0.1) is 49.9 Å². The van der Waals surface area contributed by atoms with E-state index in [0.29, 0.717) is 49.9 Å². The van der Waals surface area contributed by atoms with Crippen molar-refractivity contribution >= 4 is 33.7 Å². The lowest BCUT2D eigenvalue weighted by atomic mass is 9.91. The zero-order chi connectivity index (χ0) is 40.3. The molecule has 0 aliphatic carbocycles. The van der Waals surface area contributed by atoms with Crippen LogP contribution in [0.4, 0.5) is 26.3 Å². The molecule has 0 saturated heterocycles. The Bertz CT molecular complexity index is 3260. The minimum atomic E-state index is -4.89. The Morgan fingerprint density at radius 1 is 0.542 bits per heavy atom. The highest BCUT2D eigenvalue weighted by molar-refractivity contribution is 6.31. The van der Waals surface area contributed by atoms with Crippen molar-refractivity contribution in [1.82, 2.24) is 9.13 Å². The standard InChI is InChI=1S/C49H30F6N4/c1-27-23-35-39(29-15-7-3-8-16-29)43-28(2)24-36-41(31-19-11-5-12-20-31)45-34(48(53,54)55)26-38-42(32-21-13-6-14-22-32)46-33(47(50,51)52)25-37-40(30-17-9-4-10-18-30)44(27)56(35)49(57(36)43,58(37)46)59(38)45/h3-26H,1-2H3/q+2. The number of rotatable bonds is 4. The van der Waals surface area contributed by atoms with Crippen LogP contribution in [0, 0.1) is 6.92 Å². The van der Waals surface area contributed by atoms with Crippen molar-refractivity contribution in [3.8, 4) is 0 Å². The number of aromatic nitrogens is 2. The molecular weight excluding hydrogens is 759 g/mol. The summed E-state index contributed by atoms with van der Waals surface area (Å²) < 4.78 is 104. The van der Waals surface area contributed by atoms with Crippen LogP contribution in [0.25, 0.3) is 22.3 Å². The number of halogens is 6. The smallest absolute Gasteiger partial charge is 0.198 e. The zero-order valence-electron chi connectivity index (χ0n) is 31.4. The van der Waals surface area contributed by atoms with Gasteiger partial charge in [-0.15, -0.1) is 0 Å². The second-order valence-electron chi connectivity index (χ2n) is 15.6. The van der Waals surface area contributed by atoms with Gasteiger partial charge >= 0.3 is 18.3 Å². The summed E-state index contributed by atoms with van der Waals surface area (Å²) in [6.07, 6.45) is -6.66. The van der Waals surface area contributed by atoms with Gasteiger partial charge in [-0.3, -0.25) is 0 Å². The van der Waals surface area contributed by atoms with Crippen LogP contribution in [-0.4, -0.2) is 35.9 Å². The number of aryl methyl sites for hydroxylation is 1. The van der Waals surface area contributed by atoms with E-state index in [1.54, 1.807) is 63.7 Å². The van der Waals surface area contributed by atoms with Crippen LogP contribution in [0.3, 0.4) is 0 Å². The summed E-state index contributed by atoms with van der Waals surface area (Å²) in [6.45, 7) is 3.87. The molecule has 59 heavy (non-hydrogen) atoms. The van der Waals surface area contributed by atoms with Crippen molar-refractivity contribution in [1.29, 1.82) is 0 Å². The van der Waals surface area contributed by atoms with E-state index in [4.69, 9.17) is 0 Å². The Labute approximate surface area is 333 Å². The van der Waals surface area contributed by atoms with Crippen molar-refractivity contribution in [2.24, 2.45) is 0 Å². The first-order valence-corrected chi connectivity index (χ1v) is 19.3. The quantitative estimate of drug-likeness (QED) is 0.125. The van der Waals surface area contributed by atoms with Crippen molar-refractivity contribution in [3.05, 3.63) is 224 Å². The van der Waals surface area contributed by atoms with Crippen molar-refractivity contribution < 1.29 is 35.5 Å². The van der Waals surface area contributed by atoms with E-state index >= 15 is 26.3 Å². The van der Waals surface area contributed by atoms with Gasteiger partial charge in [0, 0.05) is 17.7 Å². The summed E-state index contributed by atoms with van der Waals surface area (Å²) in [5, 5.41) is 1.31. The molecule has 1 atom stereocenters. The van der Waals surface area contributed by atoms with Crippen molar-refractivity contribution in [2.45, 2.75) is 32.1 Å². The molecule has 8 heterocycles. The van der Waals surface area contributed by atoms with E-state index in [1.165, 1.54) is 6.08 Å². The van der Waals surface area contributed by atoms with Gasteiger partial charge in [0.15, 0.2) is 0 Å². The maximum atomic E-state index is 16.0. The van der Waals surface area contributed by atoms with Crippen LogP contribution in [0.2, 0.25) is 0 Å². The highest BCUT2D eigenvalue weighted by atomic mass is 19.4. The molecule has 0 amide bonds. The average Bonchev–Trinajstić information content (AvgIpc) is 4.00. The van der Waals surface area contributed by atoms with Crippen LogP contribution in [0.1, 0.15) is 51.7 Å². The molecule has 4 aromatic carbocycles. The predicted octanol–water partition coefficient (Wildman–Crippen LogP) is 9.07. The topological polar surface area (TPSA) is 15.9 Å². The lowest BCUT2D eigenvalue weighted by molar-refractivity contribution is -0.835. The molecule has 1 spiro atoms. The molecule has 10 heteroatoms. The molecule has 1 unspecified atom stereocenters. The van der Waals surface area contributed by atoms with Crippen LogP contribution in [0.5, 0.6) is 0 Å². The van der Waals surface area contributed by atoms with E-state index in [1.807, 2.05) is 102 Å². The largest absolute Gasteiger partial charge is 0.554 e. The summed E-state index contributed by atoms with van der Waals surface area (Å²) >= 11 is 0. The van der Waals surface area contributed by atoms with E-state index in [0.717, 1.165) is 28.3 Å². The highest BCUT2D eigenvalue weighted by Crippen LogP contribution is 2.58. The Morgan fingerprint density at radius 2 is 1.07 bits per heavy atom. The first kappa shape index (κ1) is 34.1. The van der Waals surface area contributed by atoms with E-state index in [-0.39, 0.29) is 28.4 Å². The monoisotopic (exact) mass is 788 g/mol. The van der Waals surface area contributed by atoms with Gasteiger partial charge in [0.2, 0.25) is 22.8 Å². The number of benzene rings is 4. The zero-order valence-corrected chi connectivity index (χ0v) is 31.4. The molecule has 0 N–H and O–H groups in total. The number of alkyl halides is 6. The summed E-state index contributed by atoms with van der Waals surface area (Å²) in [6, 6.07) is 39.7. The normalized spacial score (nSPS) is 19.8. The lowest BCUT2D eigenvalue weighted by Gasteiger charge is -2.41. The molecule has 4 nitrogen and oxygen atoms in total. The maximum absolute atomic E-state index is 16.0. The summed E-state index contributed by atoms with van der Waals surface area (Å²) in [7, 11) is 0. The van der Waals surface area contributed by atoms with Gasteiger partial charge < -0.3 is 0 Å². The van der Waals surface area contributed by atoms with Gasteiger partial charge in [0.1, 0.15) is 5.57 Å². The first-order chi connectivity index (χ1) is 28.4. The fourth-order valence-corrected chi connectivity index (χ4v) is 10.5. The van der Waals surface area contributed by atoms with E-state index in [9.17, 15) is 0 Å². The van der Waals surface area contributed by atoms with Gasteiger partial charge in [0.25, 0.3) is 0 Å². The SMILES string of the molecule is CC1=CC2=C(c3ccccc3)c3c(C(F)(F)F)cc4n3C35n6c(cc(C)c6=C(c6ccccc6)C6=[N+]3C(=C4c3ccccc3)C(C(F)(F)F)=C6)=C(c3ccccc3)C1=[N+]25. The van der Waals surface area contributed by atoms with Crippen molar-refractivity contribution in [2.75, 3.05) is 0 Å². The first-order valence-electron chi connectivity index (χ1n) is 19.3. The number of hydrogen-bond donors (Lipinski definition) is 0. The second-order valence-corrected chi connectivity index (χ2v) is 15.6. The molecule has 0 fully saturated rings. The van der Waals surface area contributed by atoms with Gasteiger partial charge in [-0.05, 0) is 53.8 Å². The summed E-state index contributed by atoms with van der Waals surface area (Å²) in [5.74, 6) is -1.85. The third-order valence-corrected chi connectivity index (χ3v) is 12.4. The van der Waals surface area contributed by atoms with Crippen molar-refractivity contribution in [3.63, 3.8) is 0 Å². The number of nitrogens with zero attached hydrogens (tertiary/aromatic N) is 4. The lowest BCUT2D eigenvalue weighted by Crippen LogP contribution is -2.71. The molecule has 0 radical (unpaired) electrons. The molecule has 0 saturated carbocycles. The molecule has 2 aromatic heterocycles. The molecular formula is C49H30F6N4+2. The minimum absolute atomic E-state index is 0.0344. The molecule has 12 rings (SSSR count). The second kappa shape index (κ2) is 11.2. The molecule has 6 aliphatic rings. The minimum Gasteiger partial charge on any atom is -0.198 e. The fraction of sp³-hybridized carbons (Fsp3) is 0.102. The van der Waals surface area contributed by atoms with E-state index in [2.05, 4.69) is 0 Å². The Balaban J connectivity index is 1.43. The maximum Gasteiger partial charge on any atom is 0.554 e. The predicted molar refractivity (Wildman–Crippen MR) is 212 cm³/mol. The van der Waals surface area contributed by atoms with E-state index < -0.39 is 29.4 Å². The fourth-order valence-electron chi connectivity index (χ4n) is 10.5. The van der Waals surface area contributed by atoms with Crippen LogP contribution in [-0.2, 0) is 12.1 Å². The number of allylic oxidation sites excluding steroid dienone is 4. The highest BCUT2D eigenvalue weighted by Gasteiger charge is 2.76. The van der Waals surface area contributed by atoms with Crippen LogP contribution < -0.4 is 10.7 Å². The Kier molecular flexibility index (Phi) is 6.46. The van der Waals surface area contributed by atoms with Gasteiger partial charge in [-0.1, -0.05) is 130 Å². The molecule has 6 aliphatic heterocycles. The summed E-state index contributed by atoms with van der Waals surface area (Å²) in [5.41, 5.74) is 5.08. The van der Waals surface area contributed by atoms with Gasteiger partial charge in [-0.25, -0.2) is 0 Å². The molecule has 286 valence electrons. The third-order valence-electron chi connectivity index (χ3n) is 12.4.